The quantitative estimate of drug-likeness (QED) is 0.751. The summed E-state index contributed by atoms with van der Waals surface area (Å²) in [5.74, 6) is -0.545. The molecule has 0 aliphatic carbocycles. The molecular weight excluding hydrogens is 236 g/mol. The highest BCUT2D eigenvalue weighted by molar-refractivity contribution is 5.71. The number of ether oxygens (including phenoxy) is 2. The molecule has 1 N–H and O–H groups in total. The predicted molar refractivity (Wildman–Crippen MR) is 64.3 cm³/mol. The summed E-state index contributed by atoms with van der Waals surface area (Å²) in [5.41, 5.74) is 0.863. The van der Waals surface area contributed by atoms with Crippen molar-refractivity contribution in [1.82, 2.24) is 0 Å². The first-order chi connectivity index (χ1) is 8.61. The number of benzene rings is 1. The van der Waals surface area contributed by atoms with Gasteiger partial charge < -0.3 is 14.6 Å². The van der Waals surface area contributed by atoms with Gasteiger partial charge >= 0.3 is 11.9 Å². The summed E-state index contributed by atoms with van der Waals surface area (Å²) >= 11 is 0. The molecule has 0 saturated carbocycles. The average molecular weight is 252 g/mol. The molecule has 1 rings (SSSR count). The highest BCUT2D eigenvalue weighted by Crippen LogP contribution is 2.12. The van der Waals surface area contributed by atoms with E-state index in [-0.39, 0.29) is 25.4 Å². The molecule has 0 saturated heterocycles. The van der Waals surface area contributed by atoms with E-state index >= 15 is 0 Å². The standard InChI is InChI=1S/C13H16O5/c1-17-11-7-5-10(6-8-11)9-18-13(16)4-2-3-12(14)15/h5-8H,2-4,9H2,1H3,(H,14,15). The minimum absolute atomic E-state index is 0.0162. The fraction of sp³-hybridized carbons (Fsp3) is 0.385. The second-order valence-corrected chi connectivity index (χ2v) is 3.76. The first kappa shape index (κ1) is 14.0. The molecule has 0 amide bonds. The molecular formula is C13H16O5. The molecule has 0 aliphatic rings. The van der Waals surface area contributed by atoms with Gasteiger partial charge in [-0.2, -0.15) is 0 Å². The minimum Gasteiger partial charge on any atom is -0.497 e. The van der Waals surface area contributed by atoms with E-state index in [1.807, 2.05) is 12.1 Å². The van der Waals surface area contributed by atoms with E-state index in [9.17, 15) is 9.59 Å². The number of carbonyl (C=O) groups excluding carboxylic acids is 1. The SMILES string of the molecule is COc1ccc(COC(=O)CCCC(=O)O)cc1. The Hall–Kier alpha value is -2.04. The van der Waals surface area contributed by atoms with Gasteiger partial charge in [-0.1, -0.05) is 12.1 Å². The van der Waals surface area contributed by atoms with Crippen LogP contribution in [0.25, 0.3) is 0 Å². The molecule has 5 nitrogen and oxygen atoms in total. The number of carboxylic acids is 1. The van der Waals surface area contributed by atoms with Crippen LogP contribution in [0.15, 0.2) is 24.3 Å². The van der Waals surface area contributed by atoms with E-state index in [4.69, 9.17) is 14.6 Å². The van der Waals surface area contributed by atoms with Crippen molar-refractivity contribution in [3.63, 3.8) is 0 Å². The van der Waals surface area contributed by atoms with E-state index in [0.29, 0.717) is 6.42 Å². The maximum absolute atomic E-state index is 11.3. The summed E-state index contributed by atoms with van der Waals surface area (Å²) < 4.78 is 10.0. The first-order valence-electron chi connectivity index (χ1n) is 5.62. The summed E-state index contributed by atoms with van der Waals surface area (Å²) in [6.07, 6.45) is 0.414. The molecule has 0 unspecified atom stereocenters. The van der Waals surface area contributed by atoms with Gasteiger partial charge in [-0.3, -0.25) is 9.59 Å². The highest BCUT2D eigenvalue weighted by atomic mass is 16.5. The van der Waals surface area contributed by atoms with Gasteiger partial charge in [0.15, 0.2) is 0 Å². The monoisotopic (exact) mass is 252 g/mol. The Morgan fingerprint density at radius 2 is 1.83 bits per heavy atom. The third-order valence-corrected chi connectivity index (χ3v) is 2.33. The van der Waals surface area contributed by atoms with E-state index in [1.54, 1.807) is 19.2 Å². The van der Waals surface area contributed by atoms with Gasteiger partial charge in [0.25, 0.3) is 0 Å². The molecule has 5 heteroatoms. The van der Waals surface area contributed by atoms with Crippen LogP contribution in [0.5, 0.6) is 5.75 Å². The maximum atomic E-state index is 11.3. The molecule has 0 heterocycles. The van der Waals surface area contributed by atoms with Crippen molar-refractivity contribution in [3.05, 3.63) is 29.8 Å². The van der Waals surface area contributed by atoms with Crippen molar-refractivity contribution >= 4 is 11.9 Å². The van der Waals surface area contributed by atoms with Crippen LogP contribution in [0, 0.1) is 0 Å². The lowest BCUT2D eigenvalue weighted by molar-refractivity contribution is -0.145. The molecule has 0 atom stereocenters. The number of carbonyl (C=O) groups is 2. The number of esters is 1. The molecule has 0 radical (unpaired) electrons. The molecule has 0 fully saturated rings. The molecule has 18 heavy (non-hydrogen) atoms. The molecule has 0 aliphatic heterocycles. The number of rotatable bonds is 7. The molecule has 98 valence electrons. The van der Waals surface area contributed by atoms with Gasteiger partial charge in [-0.15, -0.1) is 0 Å². The van der Waals surface area contributed by atoms with Crippen LogP contribution in [0.3, 0.4) is 0 Å². The minimum atomic E-state index is -0.905. The predicted octanol–water partition coefficient (Wildman–Crippen LogP) is 1.99. The summed E-state index contributed by atoms with van der Waals surface area (Å²) in [5, 5.41) is 8.42. The summed E-state index contributed by atoms with van der Waals surface area (Å²) in [6.45, 7) is 0.190. The lowest BCUT2D eigenvalue weighted by Gasteiger charge is -2.05. The number of methoxy groups -OCH3 is 1. The van der Waals surface area contributed by atoms with Crippen molar-refractivity contribution in [2.45, 2.75) is 25.9 Å². The van der Waals surface area contributed by atoms with Gasteiger partial charge in [-0.05, 0) is 24.1 Å². The van der Waals surface area contributed by atoms with Gasteiger partial charge in [0.05, 0.1) is 7.11 Å². The third-order valence-electron chi connectivity index (χ3n) is 2.33. The van der Waals surface area contributed by atoms with Crippen LogP contribution in [0.4, 0.5) is 0 Å². The zero-order chi connectivity index (χ0) is 13.4. The normalized spacial score (nSPS) is 9.83. The van der Waals surface area contributed by atoms with Crippen LogP contribution in [0.2, 0.25) is 0 Å². The highest BCUT2D eigenvalue weighted by Gasteiger charge is 2.05. The summed E-state index contributed by atoms with van der Waals surface area (Å²) in [7, 11) is 1.58. The largest absolute Gasteiger partial charge is 0.497 e. The Bertz CT molecular complexity index is 396. The maximum Gasteiger partial charge on any atom is 0.306 e. The number of carboxylic acid groups (broad SMARTS) is 1. The van der Waals surface area contributed by atoms with Crippen molar-refractivity contribution in [3.8, 4) is 5.75 Å². The lowest BCUT2D eigenvalue weighted by Crippen LogP contribution is -2.05. The van der Waals surface area contributed by atoms with E-state index in [1.165, 1.54) is 0 Å². The van der Waals surface area contributed by atoms with E-state index < -0.39 is 5.97 Å². The van der Waals surface area contributed by atoms with Crippen LogP contribution in [-0.2, 0) is 20.9 Å². The van der Waals surface area contributed by atoms with E-state index in [0.717, 1.165) is 11.3 Å². The zero-order valence-electron chi connectivity index (χ0n) is 10.2. The smallest absolute Gasteiger partial charge is 0.306 e. The van der Waals surface area contributed by atoms with Crippen LogP contribution < -0.4 is 4.74 Å². The van der Waals surface area contributed by atoms with Gasteiger partial charge in [0.1, 0.15) is 12.4 Å². The first-order valence-corrected chi connectivity index (χ1v) is 5.62. The van der Waals surface area contributed by atoms with Crippen LogP contribution in [0.1, 0.15) is 24.8 Å². The Balaban J connectivity index is 2.26. The molecule has 1 aromatic carbocycles. The fourth-order valence-electron chi connectivity index (χ4n) is 1.34. The number of aliphatic carboxylic acids is 1. The van der Waals surface area contributed by atoms with Crippen molar-refractivity contribution < 1.29 is 24.2 Å². The van der Waals surface area contributed by atoms with Crippen LogP contribution in [-0.4, -0.2) is 24.2 Å². The van der Waals surface area contributed by atoms with Crippen molar-refractivity contribution in [1.29, 1.82) is 0 Å². The van der Waals surface area contributed by atoms with Gasteiger partial charge in [0.2, 0.25) is 0 Å². The van der Waals surface area contributed by atoms with Gasteiger partial charge in [0, 0.05) is 12.8 Å². The molecule has 0 spiro atoms. The van der Waals surface area contributed by atoms with Crippen molar-refractivity contribution in [2.75, 3.05) is 7.11 Å². The lowest BCUT2D eigenvalue weighted by atomic mass is 10.2. The molecule has 1 aromatic rings. The van der Waals surface area contributed by atoms with Crippen LogP contribution >= 0.6 is 0 Å². The second-order valence-electron chi connectivity index (χ2n) is 3.76. The average Bonchev–Trinajstić information content (AvgIpc) is 2.36. The summed E-state index contributed by atoms with van der Waals surface area (Å²) in [6, 6.07) is 7.19. The fourth-order valence-corrected chi connectivity index (χ4v) is 1.34. The zero-order valence-corrected chi connectivity index (χ0v) is 10.2. The topological polar surface area (TPSA) is 72.8 Å². The Kier molecular flexibility index (Phi) is 5.70. The second kappa shape index (κ2) is 7.32. The number of hydrogen-bond donors (Lipinski definition) is 1. The van der Waals surface area contributed by atoms with E-state index in [2.05, 4.69) is 0 Å². The Morgan fingerprint density at radius 3 is 2.39 bits per heavy atom. The Labute approximate surface area is 105 Å². The summed E-state index contributed by atoms with van der Waals surface area (Å²) in [4.78, 5) is 21.5. The third kappa shape index (κ3) is 5.34. The van der Waals surface area contributed by atoms with Gasteiger partial charge in [-0.25, -0.2) is 0 Å². The van der Waals surface area contributed by atoms with Crippen molar-refractivity contribution in [2.24, 2.45) is 0 Å². The Morgan fingerprint density at radius 1 is 1.17 bits per heavy atom. The number of hydrogen-bond acceptors (Lipinski definition) is 4. The molecule has 0 aromatic heterocycles. The molecule has 0 bridgehead atoms.